The highest BCUT2D eigenvalue weighted by Gasteiger charge is 2.55. The van der Waals surface area contributed by atoms with E-state index in [9.17, 15) is 8.78 Å². The van der Waals surface area contributed by atoms with Crippen molar-refractivity contribution in [1.29, 1.82) is 0 Å². The second-order valence-corrected chi connectivity index (χ2v) is 4.57. The molecule has 1 saturated carbocycles. The highest BCUT2D eigenvalue weighted by atomic mass is 35.5. The molecule has 15 heavy (non-hydrogen) atoms. The minimum atomic E-state index is -2.64. The Bertz CT molecular complexity index is 378. The van der Waals surface area contributed by atoms with Gasteiger partial charge < -0.3 is 5.73 Å². The van der Waals surface area contributed by atoms with Crippen LogP contribution in [-0.4, -0.2) is 10.9 Å². The number of aromatic nitrogens is 1. The van der Waals surface area contributed by atoms with Crippen LogP contribution in [0.3, 0.4) is 0 Å². The Morgan fingerprint density at radius 2 is 2.00 bits per heavy atom. The highest BCUT2D eigenvalue weighted by Crippen LogP contribution is 2.50. The van der Waals surface area contributed by atoms with Crippen LogP contribution in [-0.2, 0) is 5.54 Å². The van der Waals surface area contributed by atoms with Crippen molar-refractivity contribution in [3.8, 4) is 0 Å². The Balaban J connectivity index is 2.31. The maximum absolute atomic E-state index is 12.8. The third kappa shape index (κ3) is 1.96. The number of rotatable bonds is 1. The topological polar surface area (TPSA) is 38.9 Å². The minimum absolute atomic E-state index is 0.296. The SMILES string of the molecule is Cc1cc(C2(N)CC(F)(F)C2)cc(Cl)n1. The highest BCUT2D eigenvalue weighted by molar-refractivity contribution is 6.29. The normalized spacial score (nSPS) is 22.2. The molecule has 0 aliphatic heterocycles. The van der Waals surface area contributed by atoms with E-state index in [0.717, 1.165) is 0 Å². The van der Waals surface area contributed by atoms with E-state index in [4.69, 9.17) is 17.3 Å². The van der Waals surface area contributed by atoms with Gasteiger partial charge in [-0.25, -0.2) is 13.8 Å². The van der Waals surface area contributed by atoms with Crippen LogP contribution < -0.4 is 5.73 Å². The van der Waals surface area contributed by atoms with E-state index in [2.05, 4.69) is 4.98 Å². The number of halogens is 3. The third-order valence-corrected chi connectivity index (χ3v) is 2.84. The van der Waals surface area contributed by atoms with Gasteiger partial charge in [0, 0.05) is 18.5 Å². The number of hydrogen-bond donors (Lipinski definition) is 1. The van der Waals surface area contributed by atoms with Gasteiger partial charge in [-0.3, -0.25) is 0 Å². The van der Waals surface area contributed by atoms with Crippen molar-refractivity contribution in [3.63, 3.8) is 0 Å². The van der Waals surface area contributed by atoms with Crippen molar-refractivity contribution in [2.24, 2.45) is 5.73 Å². The second kappa shape index (κ2) is 3.12. The first-order valence-electron chi connectivity index (χ1n) is 4.62. The fourth-order valence-electron chi connectivity index (χ4n) is 1.99. The van der Waals surface area contributed by atoms with Crippen LogP contribution >= 0.6 is 11.6 Å². The predicted molar refractivity (Wildman–Crippen MR) is 54.0 cm³/mol. The van der Waals surface area contributed by atoms with Crippen LogP contribution in [0.4, 0.5) is 8.78 Å². The first kappa shape index (κ1) is 10.8. The van der Waals surface area contributed by atoms with Crippen molar-refractivity contribution in [3.05, 3.63) is 28.5 Å². The molecule has 82 valence electrons. The van der Waals surface area contributed by atoms with Crippen molar-refractivity contribution < 1.29 is 8.78 Å². The van der Waals surface area contributed by atoms with Gasteiger partial charge in [0.15, 0.2) is 0 Å². The van der Waals surface area contributed by atoms with Gasteiger partial charge in [-0.2, -0.15) is 0 Å². The number of nitrogens with two attached hydrogens (primary N) is 1. The molecular formula is C10H11ClF2N2. The number of alkyl halides is 2. The lowest BCUT2D eigenvalue weighted by Gasteiger charge is -2.44. The Hall–Kier alpha value is -0.740. The molecule has 0 spiro atoms. The van der Waals surface area contributed by atoms with E-state index in [1.165, 1.54) is 0 Å². The van der Waals surface area contributed by atoms with Crippen LogP contribution in [0.15, 0.2) is 12.1 Å². The molecule has 1 aromatic rings. The lowest BCUT2D eigenvalue weighted by Crippen LogP contribution is -2.55. The van der Waals surface area contributed by atoms with Gasteiger partial charge in [0.05, 0.1) is 5.54 Å². The molecule has 5 heteroatoms. The molecule has 0 amide bonds. The van der Waals surface area contributed by atoms with Gasteiger partial charge in [0.25, 0.3) is 5.92 Å². The maximum Gasteiger partial charge on any atom is 0.252 e. The first-order chi connectivity index (χ1) is 6.81. The molecule has 0 radical (unpaired) electrons. The summed E-state index contributed by atoms with van der Waals surface area (Å²) in [6.07, 6.45) is -0.639. The standard InChI is InChI=1S/C10H11ClF2N2/c1-6-2-7(3-8(11)15-6)9(14)4-10(12,13)5-9/h2-3H,4-5,14H2,1H3. The number of pyridine rings is 1. The molecule has 1 fully saturated rings. The average molecular weight is 233 g/mol. The van der Waals surface area contributed by atoms with Crippen molar-refractivity contribution in [1.82, 2.24) is 4.98 Å². The summed E-state index contributed by atoms with van der Waals surface area (Å²) in [6.45, 7) is 1.76. The summed E-state index contributed by atoms with van der Waals surface area (Å²) in [6, 6.07) is 3.27. The Kier molecular flexibility index (Phi) is 2.24. The van der Waals surface area contributed by atoms with E-state index in [0.29, 0.717) is 16.4 Å². The fourth-order valence-corrected chi connectivity index (χ4v) is 2.24. The Morgan fingerprint density at radius 3 is 2.47 bits per heavy atom. The Labute approximate surface area is 91.4 Å². The van der Waals surface area contributed by atoms with E-state index in [1.807, 2.05) is 0 Å². The number of aryl methyl sites for hydroxylation is 1. The summed E-state index contributed by atoms with van der Waals surface area (Å²) in [5.74, 6) is -2.64. The number of nitrogens with zero attached hydrogens (tertiary/aromatic N) is 1. The van der Waals surface area contributed by atoms with Crippen molar-refractivity contribution >= 4 is 11.6 Å². The van der Waals surface area contributed by atoms with Gasteiger partial charge in [0.2, 0.25) is 0 Å². The molecule has 0 aromatic carbocycles. The summed E-state index contributed by atoms with van der Waals surface area (Å²) < 4.78 is 25.6. The van der Waals surface area contributed by atoms with Gasteiger partial charge >= 0.3 is 0 Å². The zero-order valence-corrected chi connectivity index (χ0v) is 8.98. The Morgan fingerprint density at radius 1 is 1.40 bits per heavy atom. The zero-order chi connectivity index (χ0) is 11.3. The maximum atomic E-state index is 12.8. The van der Waals surface area contributed by atoms with Gasteiger partial charge in [-0.05, 0) is 24.6 Å². The molecule has 0 bridgehead atoms. The van der Waals surface area contributed by atoms with E-state index in [1.54, 1.807) is 19.1 Å². The molecular weight excluding hydrogens is 222 g/mol. The molecule has 2 N–H and O–H groups in total. The number of hydrogen-bond acceptors (Lipinski definition) is 2. The molecule has 1 aromatic heterocycles. The van der Waals surface area contributed by atoms with E-state index < -0.39 is 11.5 Å². The quantitative estimate of drug-likeness (QED) is 0.756. The lowest BCUT2D eigenvalue weighted by molar-refractivity contribution is -0.125. The van der Waals surface area contributed by atoms with E-state index >= 15 is 0 Å². The first-order valence-corrected chi connectivity index (χ1v) is 5.00. The predicted octanol–water partition coefficient (Wildman–Crippen LogP) is 2.63. The smallest absolute Gasteiger partial charge is 0.252 e. The van der Waals surface area contributed by atoms with Crippen LogP contribution in [0.5, 0.6) is 0 Å². The molecule has 2 rings (SSSR count). The minimum Gasteiger partial charge on any atom is -0.321 e. The molecule has 1 aliphatic carbocycles. The van der Waals surface area contributed by atoms with Crippen molar-refractivity contribution in [2.45, 2.75) is 31.2 Å². The molecule has 0 unspecified atom stereocenters. The second-order valence-electron chi connectivity index (χ2n) is 4.19. The van der Waals surface area contributed by atoms with Gasteiger partial charge in [-0.1, -0.05) is 11.6 Å². The molecule has 0 atom stereocenters. The average Bonchev–Trinajstić information content (AvgIpc) is 1.98. The summed E-state index contributed by atoms with van der Waals surface area (Å²) in [5.41, 5.74) is 6.26. The summed E-state index contributed by atoms with van der Waals surface area (Å²) >= 11 is 5.75. The van der Waals surface area contributed by atoms with Crippen LogP contribution in [0.2, 0.25) is 5.15 Å². The molecule has 1 heterocycles. The van der Waals surface area contributed by atoms with Crippen LogP contribution in [0.25, 0.3) is 0 Å². The van der Waals surface area contributed by atoms with Gasteiger partial charge in [0.1, 0.15) is 5.15 Å². The summed E-state index contributed by atoms with van der Waals surface area (Å²) in [4.78, 5) is 3.96. The molecule has 0 saturated heterocycles. The van der Waals surface area contributed by atoms with Crippen LogP contribution in [0.1, 0.15) is 24.1 Å². The summed E-state index contributed by atoms with van der Waals surface area (Å²) in [7, 11) is 0. The monoisotopic (exact) mass is 232 g/mol. The third-order valence-electron chi connectivity index (χ3n) is 2.65. The van der Waals surface area contributed by atoms with Gasteiger partial charge in [-0.15, -0.1) is 0 Å². The largest absolute Gasteiger partial charge is 0.321 e. The zero-order valence-electron chi connectivity index (χ0n) is 8.23. The van der Waals surface area contributed by atoms with E-state index in [-0.39, 0.29) is 12.8 Å². The molecule has 2 nitrogen and oxygen atoms in total. The summed E-state index contributed by atoms with van der Waals surface area (Å²) in [5, 5.41) is 0.296. The molecule has 1 aliphatic rings. The van der Waals surface area contributed by atoms with Crippen molar-refractivity contribution in [2.75, 3.05) is 0 Å². The van der Waals surface area contributed by atoms with Crippen LogP contribution in [0, 0.1) is 6.92 Å². The fraction of sp³-hybridized carbons (Fsp3) is 0.500. The lowest BCUT2D eigenvalue weighted by atomic mass is 9.70.